The minimum Gasteiger partial charge on any atom is -0.481 e. The number of unbranched alkanes of at least 4 members (excludes halogenated alkanes) is 1. The van der Waals surface area contributed by atoms with Crippen LogP contribution >= 0.6 is 0 Å². The molecular weight excluding hydrogens is 580 g/mol. The summed E-state index contributed by atoms with van der Waals surface area (Å²) >= 11 is 0. The summed E-state index contributed by atoms with van der Waals surface area (Å²) in [6.45, 7) is 0.745. The summed E-state index contributed by atoms with van der Waals surface area (Å²) in [5.41, 5.74) is -0.254. The maximum absolute atomic E-state index is 12.1. The molecule has 20 heteroatoms. The number of nitro groups is 2. The van der Waals surface area contributed by atoms with Crippen molar-refractivity contribution in [3.8, 4) is 0 Å². The highest BCUT2D eigenvalue weighted by atomic mass is 16.6. The van der Waals surface area contributed by atoms with Gasteiger partial charge in [0.1, 0.15) is 23.5 Å². The van der Waals surface area contributed by atoms with E-state index in [2.05, 4.69) is 26.3 Å². The number of carbonyl (C=O) groups is 4. The zero-order valence-electron chi connectivity index (χ0n) is 22.6. The Morgan fingerprint density at radius 2 is 1.65 bits per heavy atom. The van der Waals surface area contributed by atoms with E-state index in [9.17, 15) is 44.5 Å². The summed E-state index contributed by atoms with van der Waals surface area (Å²) in [5, 5.41) is 64.1. The Labute approximate surface area is 242 Å². The molecule has 0 spiro atoms. The third-order valence-electron chi connectivity index (χ3n) is 5.77. The lowest BCUT2D eigenvalue weighted by atomic mass is 10.1. The van der Waals surface area contributed by atoms with Crippen molar-refractivity contribution in [2.24, 2.45) is 0 Å². The largest absolute Gasteiger partial charge is 0.481 e. The standard InChI is InChI=1S/C23H30N8O12/c32-20(33)7-6-18(22(36)37)26-23(38)25-17(21(34)35)3-1-2-9-29-12-14(27-28-29)13-43-10-8-24-16-5-4-15(30(39)40)11-19(16)31(41)42/h4-5,11-12,17-18,24H,1-3,6-10,13H2,(H,32,33)(H,34,35)(H,36,37)(H2,25,26,38)/t17-,18?/m0/s1. The first-order chi connectivity index (χ1) is 20.4. The van der Waals surface area contributed by atoms with Crippen LogP contribution in [0.3, 0.4) is 0 Å². The van der Waals surface area contributed by atoms with Gasteiger partial charge in [0.05, 0.1) is 35.3 Å². The van der Waals surface area contributed by atoms with Gasteiger partial charge in [-0.3, -0.25) is 29.7 Å². The molecule has 43 heavy (non-hydrogen) atoms. The predicted octanol–water partition coefficient (Wildman–Crippen LogP) is 0.964. The lowest BCUT2D eigenvalue weighted by Crippen LogP contribution is -2.51. The molecule has 0 aliphatic rings. The summed E-state index contributed by atoms with van der Waals surface area (Å²) in [6.07, 6.45) is 1.59. The predicted molar refractivity (Wildman–Crippen MR) is 143 cm³/mol. The van der Waals surface area contributed by atoms with Gasteiger partial charge in [-0.15, -0.1) is 5.10 Å². The third-order valence-corrected chi connectivity index (χ3v) is 5.77. The minimum atomic E-state index is -1.50. The number of ether oxygens (including phenoxy) is 1. The molecular formula is C23H30N8O12. The number of nitrogens with one attached hydrogen (secondary N) is 3. The fraction of sp³-hybridized carbons (Fsp3) is 0.478. The second kappa shape index (κ2) is 16.8. The van der Waals surface area contributed by atoms with Crippen LogP contribution in [0.5, 0.6) is 0 Å². The van der Waals surface area contributed by atoms with Gasteiger partial charge in [0, 0.05) is 25.6 Å². The van der Waals surface area contributed by atoms with Gasteiger partial charge in [-0.2, -0.15) is 0 Å². The molecule has 2 aromatic rings. The molecule has 2 atom stereocenters. The number of nitro benzene ring substituents is 2. The number of aliphatic carboxylic acids is 3. The third kappa shape index (κ3) is 11.9. The first kappa shape index (κ1) is 33.8. The molecule has 0 radical (unpaired) electrons. The van der Waals surface area contributed by atoms with Crippen LogP contribution in [0, 0.1) is 20.2 Å². The Balaban J connectivity index is 1.71. The van der Waals surface area contributed by atoms with Crippen LogP contribution < -0.4 is 16.0 Å². The molecule has 2 rings (SSSR count). The molecule has 0 saturated carbocycles. The summed E-state index contributed by atoms with van der Waals surface area (Å²) in [6, 6.07) is -0.606. The van der Waals surface area contributed by atoms with Crippen LogP contribution in [0.25, 0.3) is 0 Å². The normalized spacial score (nSPS) is 12.1. The topological polar surface area (TPSA) is 291 Å². The molecule has 0 bridgehead atoms. The number of amides is 2. The van der Waals surface area contributed by atoms with Crippen molar-refractivity contribution in [2.45, 2.75) is 57.3 Å². The van der Waals surface area contributed by atoms with Gasteiger partial charge in [0.25, 0.3) is 11.4 Å². The highest BCUT2D eigenvalue weighted by molar-refractivity contribution is 5.86. The number of urea groups is 1. The Morgan fingerprint density at radius 3 is 2.26 bits per heavy atom. The zero-order chi connectivity index (χ0) is 31.9. The fourth-order valence-corrected chi connectivity index (χ4v) is 3.65. The van der Waals surface area contributed by atoms with E-state index >= 15 is 0 Å². The number of nitrogens with zero attached hydrogens (tertiary/aromatic N) is 5. The van der Waals surface area contributed by atoms with Crippen LogP contribution in [0.15, 0.2) is 24.4 Å². The average molecular weight is 611 g/mol. The first-order valence-electron chi connectivity index (χ1n) is 12.7. The molecule has 0 saturated heterocycles. The van der Waals surface area contributed by atoms with Crippen LogP contribution in [-0.4, -0.2) is 89.3 Å². The number of rotatable bonds is 20. The number of benzene rings is 1. The monoisotopic (exact) mass is 610 g/mol. The zero-order valence-corrected chi connectivity index (χ0v) is 22.6. The van der Waals surface area contributed by atoms with Gasteiger partial charge in [0.2, 0.25) is 0 Å². The number of carbonyl (C=O) groups excluding carboxylic acids is 1. The van der Waals surface area contributed by atoms with Crippen LogP contribution in [0.2, 0.25) is 0 Å². The number of hydrogen-bond donors (Lipinski definition) is 6. The van der Waals surface area contributed by atoms with Gasteiger partial charge in [-0.1, -0.05) is 5.21 Å². The molecule has 234 valence electrons. The summed E-state index contributed by atoms with van der Waals surface area (Å²) in [5.74, 6) is -4.02. The van der Waals surface area contributed by atoms with Crippen LogP contribution in [0.4, 0.5) is 21.9 Å². The van der Waals surface area contributed by atoms with E-state index in [4.69, 9.17) is 14.9 Å². The summed E-state index contributed by atoms with van der Waals surface area (Å²) in [4.78, 5) is 66.0. The minimum absolute atomic E-state index is 0.0280. The maximum atomic E-state index is 12.1. The van der Waals surface area contributed by atoms with Crippen molar-refractivity contribution in [3.05, 3.63) is 50.3 Å². The van der Waals surface area contributed by atoms with Crippen molar-refractivity contribution >= 4 is 41.0 Å². The second-order valence-electron chi connectivity index (χ2n) is 9.00. The number of anilines is 1. The first-order valence-corrected chi connectivity index (χ1v) is 12.7. The maximum Gasteiger partial charge on any atom is 0.326 e. The van der Waals surface area contributed by atoms with Crippen molar-refractivity contribution in [1.29, 1.82) is 0 Å². The number of aryl methyl sites for hydroxylation is 1. The molecule has 1 unspecified atom stereocenters. The van der Waals surface area contributed by atoms with Crippen LogP contribution in [-0.2, 0) is 32.3 Å². The quantitative estimate of drug-likeness (QED) is 0.0691. The number of hydrogen-bond acceptors (Lipinski definition) is 12. The van der Waals surface area contributed by atoms with E-state index in [0.717, 1.165) is 12.1 Å². The lowest BCUT2D eigenvalue weighted by Gasteiger charge is -2.18. The number of aromatic nitrogens is 3. The van der Waals surface area contributed by atoms with Crippen molar-refractivity contribution in [3.63, 3.8) is 0 Å². The van der Waals surface area contributed by atoms with Gasteiger partial charge in [0.15, 0.2) is 0 Å². The highest BCUT2D eigenvalue weighted by Gasteiger charge is 2.25. The molecule has 0 aliphatic heterocycles. The molecule has 1 aromatic carbocycles. The molecule has 1 aromatic heterocycles. The molecule has 1 heterocycles. The Bertz CT molecular complexity index is 1320. The Hall–Kier alpha value is -5.40. The average Bonchev–Trinajstić information content (AvgIpc) is 3.39. The van der Waals surface area contributed by atoms with Gasteiger partial charge < -0.3 is 36.0 Å². The summed E-state index contributed by atoms with van der Waals surface area (Å²) in [7, 11) is 0. The summed E-state index contributed by atoms with van der Waals surface area (Å²) < 4.78 is 6.98. The molecule has 2 amide bonds. The van der Waals surface area contributed by atoms with E-state index in [1.165, 1.54) is 10.7 Å². The molecule has 0 aliphatic carbocycles. The Kier molecular flexibility index (Phi) is 13.2. The molecule has 0 fully saturated rings. The van der Waals surface area contributed by atoms with E-state index in [-0.39, 0.29) is 38.3 Å². The lowest BCUT2D eigenvalue weighted by molar-refractivity contribution is -0.393. The van der Waals surface area contributed by atoms with Crippen molar-refractivity contribution in [2.75, 3.05) is 18.5 Å². The molecule has 20 nitrogen and oxygen atoms in total. The fourth-order valence-electron chi connectivity index (χ4n) is 3.65. The SMILES string of the molecule is O=C(O)CCC(NC(=O)N[C@@H](CCCCn1cc(COCCNc2ccc([N+](=O)[O-])cc2[N+](=O)[O-])nn1)C(=O)O)C(=O)O. The van der Waals surface area contributed by atoms with Gasteiger partial charge in [-0.25, -0.2) is 14.4 Å². The van der Waals surface area contributed by atoms with Gasteiger partial charge >= 0.3 is 23.9 Å². The smallest absolute Gasteiger partial charge is 0.326 e. The second-order valence-corrected chi connectivity index (χ2v) is 9.00. The number of carboxylic acids is 3. The van der Waals surface area contributed by atoms with E-state index < -0.39 is 63.7 Å². The van der Waals surface area contributed by atoms with E-state index in [1.54, 1.807) is 6.20 Å². The van der Waals surface area contributed by atoms with Gasteiger partial charge in [-0.05, 0) is 31.7 Å². The molecule has 6 N–H and O–H groups in total. The highest BCUT2D eigenvalue weighted by Crippen LogP contribution is 2.28. The van der Waals surface area contributed by atoms with Crippen molar-refractivity contribution in [1.82, 2.24) is 25.6 Å². The van der Waals surface area contributed by atoms with Crippen molar-refractivity contribution < 1.29 is 49.1 Å². The van der Waals surface area contributed by atoms with E-state index in [0.29, 0.717) is 25.1 Å². The van der Waals surface area contributed by atoms with E-state index in [1.807, 2.05) is 0 Å². The number of carboxylic acid groups (broad SMARTS) is 3. The van der Waals surface area contributed by atoms with Crippen LogP contribution in [0.1, 0.15) is 37.8 Å². The number of non-ortho nitro benzene ring substituents is 1. The Morgan fingerprint density at radius 1 is 0.977 bits per heavy atom.